The van der Waals surface area contributed by atoms with Gasteiger partial charge in [-0.2, -0.15) is 0 Å². The fraction of sp³-hybridized carbons (Fsp3) is 0.762. The molecule has 0 fully saturated rings. The van der Waals surface area contributed by atoms with Gasteiger partial charge in [0.25, 0.3) is 0 Å². The van der Waals surface area contributed by atoms with E-state index in [2.05, 4.69) is 20.8 Å². The molecule has 0 heterocycles. The molecule has 0 N–H and O–H groups in total. The number of hydrogen-bond acceptors (Lipinski definition) is 6. The van der Waals surface area contributed by atoms with Crippen LogP contribution in [0.3, 0.4) is 0 Å². The van der Waals surface area contributed by atoms with Crippen LogP contribution in [0.4, 0.5) is 0 Å². The molecule has 0 radical (unpaired) electrons. The predicted octanol–water partition coefficient (Wildman–Crippen LogP) is 4.50. The molecule has 0 saturated heterocycles. The lowest BCUT2D eigenvalue weighted by Crippen LogP contribution is -2.17. The summed E-state index contributed by atoms with van der Waals surface area (Å²) in [5.74, 6) is -1.84. The minimum Gasteiger partial charge on any atom is -0.465 e. The molecule has 0 aromatic heterocycles. The second-order valence-electron chi connectivity index (χ2n) is 6.49. The van der Waals surface area contributed by atoms with Gasteiger partial charge in [-0.3, -0.25) is 4.79 Å². The zero-order chi connectivity index (χ0) is 20.3. The minimum atomic E-state index is -0.665. The summed E-state index contributed by atoms with van der Waals surface area (Å²) >= 11 is 0. The lowest BCUT2D eigenvalue weighted by Gasteiger charge is -2.09. The smallest absolute Gasteiger partial charge is 0.334 e. The molecule has 0 aliphatic heterocycles. The minimum absolute atomic E-state index is 0.0209. The summed E-state index contributed by atoms with van der Waals surface area (Å²) < 4.78 is 15.4. The molecule has 0 aliphatic carbocycles. The van der Waals surface area contributed by atoms with Crippen LogP contribution in [-0.2, 0) is 28.6 Å². The summed E-state index contributed by atoms with van der Waals surface area (Å²) in [7, 11) is 0. The van der Waals surface area contributed by atoms with Crippen molar-refractivity contribution in [3.05, 3.63) is 11.6 Å². The maximum Gasteiger partial charge on any atom is 0.334 e. The number of rotatable bonds is 16. The standard InChI is InChI=1S/C21H36O6/c1-4-7-10-13-25-19(22)16-18(21(24)27-15-12-9-6-3)17-20(23)26-14-11-8-5-2/h16H,4-15,17H2,1-3H3/b18-16-. The van der Waals surface area contributed by atoms with E-state index < -0.39 is 17.9 Å². The molecule has 0 atom stereocenters. The van der Waals surface area contributed by atoms with Gasteiger partial charge in [0.2, 0.25) is 0 Å². The maximum atomic E-state index is 12.2. The molecule has 0 rings (SSSR count). The number of hydrogen-bond donors (Lipinski definition) is 0. The van der Waals surface area contributed by atoms with E-state index in [1.165, 1.54) is 0 Å². The third kappa shape index (κ3) is 15.0. The van der Waals surface area contributed by atoms with Crippen LogP contribution >= 0.6 is 0 Å². The number of carbonyl (C=O) groups excluding carboxylic acids is 3. The molecule has 156 valence electrons. The second-order valence-corrected chi connectivity index (χ2v) is 6.49. The Kier molecular flexibility index (Phi) is 16.4. The molecule has 0 aromatic rings. The Labute approximate surface area is 163 Å². The normalized spacial score (nSPS) is 11.1. The SMILES string of the molecule is CCCCCOC(=O)/C=C(/CC(=O)OCCCCC)C(=O)OCCCCC. The van der Waals surface area contributed by atoms with Gasteiger partial charge in [-0.15, -0.1) is 0 Å². The molecule has 0 aliphatic rings. The van der Waals surface area contributed by atoms with E-state index in [0.29, 0.717) is 13.2 Å². The van der Waals surface area contributed by atoms with Gasteiger partial charge in [-0.25, -0.2) is 9.59 Å². The van der Waals surface area contributed by atoms with E-state index in [-0.39, 0.29) is 18.6 Å². The van der Waals surface area contributed by atoms with Gasteiger partial charge in [-0.05, 0) is 19.3 Å². The molecule has 0 aromatic carbocycles. The van der Waals surface area contributed by atoms with E-state index in [1.807, 2.05) is 0 Å². The third-order valence-corrected chi connectivity index (χ3v) is 3.87. The Morgan fingerprint density at radius 2 is 1.15 bits per heavy atom. The Bertz CT molecular complexity index is 456. The fourth-order valence-electron chi connectivity index (χ4n) is 2.25. The van der Waals surface area contributed by atoms with Gasteiger partial charge < -0.3 is 14.2 Å². The van der Waals surface area contributed by atoms with Crippen LogP contribution in [0.5, 0.6) is 0 Å². The van der Waals surface area contributed by atoms with Gasteiger partial charge in [-0.1, -0.05) is 59.3 Å². The van der Waals surface area contributed by atoms with E-state index >= 15 is 0 Å². The summed E-state index contributed by atoms with van der Waals surface area (Å²) in [6.07, 6.45) is 9.01. The van der Waals surface area contributed by atoms with Crippen LogP contribution in [-0.4, -0.2) is 37.7 Å². The van der Waals surface area contributed by atoms with Gasteiger partial charge in [0.15, 0.2) is 0 Å². The fourth-order valence-corrected chi connectivity index (χ4v) is 2.25. The number of carbonyl (C=O) groups is 3. The topological polar surface area (TPSA) is 78.9 Å². The molecule has 0 saturated carbocycles. The van der Waals surface area contributed by atoms with Gasteiger partial charge >= 0.3 is 17.9 Å². The number of unbranched alkanes of at least 4 members (excludes halogenated alkanes) is 6. The zero-order valence-corrected chi connectivity index (χ0v) is 17.2. The average molecular weight is 385 g/mol. The second kappa shape index (κ2) is 17.6. The van der Waals surface area contributed by atoms with Crippen molar-refractivity contribution in [2.75, 3.05) is 19.8 Å². The molecular formula is C21H36O6. The van der Waals surface area contributed by atoms with E-state index in [0.717, 1.165) is 63.9 Å². The van der Waals surface area contributed by atoms with Crippen molar-refractivity contribution >= 4 is 17.9 Å². The van der Waals surface area contributed by atoms with Crippen LogP contribution < -0.4 is 0 Å². The number of ether oxygens (including phenoxy) is 3. The van der Waals surface area contributed by atoms with Gasteiger partial charge in [0.1, 0.15) is 0 Å². The maximum absolute atomic E-state index is 12.2. The largest absolute Gasteiger partial charge is 0.465 e. The van der Waals surface area contributed by atoms with Crippen LogP contribution in [0.2, 0.25) is 0 Å². The Morgan fingerprint density at radius 1 is 0.667 bits per heavy atom. The molecule has 27 heavy (non-hydrogen) atoms. The van der Waals surface area contributed by atoms with Crippen molar-refractivity contribution in [2.45, 2.75) is 85.0 Å². The van der Waals surface area contributed by atoms with Crippen molar-refractivity contribution in [3.8, 4) is 0 Å². The molecule has 0 bridgehead atoms. The summed E-state index contributed by atoms with van der Waals surface area (Å²) in [6.45, 7) is 7.04. The summed E-state index contributed by atoms with van der Waals surface area (Å²) in [5, 5.41) is 0. The van der Waals surface area contributed by atoms with Crippen LogP contribution in [0.15, 0.2) is 11.6 Å². The Hall–Kier alpha value is -1.85. The molecular weight excluding hydrogens is 348 g/mol. The summed E-state index contributed by atoms with van der Waals surface area (Å²) in [4.78, 5) is 36.1. The molecule has 6 heteroatoms. The molecule has 6 nitrogen and oxygen atoms in total. The van der Waals surface area contributed by atoms with Crippen molar-refractivity contribution in [2.24, 2.45) is 0 Å². The van der Waals surface area contributed by atoms with E-state index in [4.69, 9.17) is 14.2 Å². The highest BCUT2D eigenvalue weighted by Gasteiger charge is 2.18. The Morgan fingerprint density at radius 3 is 1.67 bits per heavy atom. The molecule has 0 unspecified atom stereocenters. The van der Waals surface area contributed by atoms with Gasteiger partial charge in [0.05, 0.1) is 31.8 Å². The van der Waals surface area contributed by atoms with Crippen LogP contribution in [0.25, 0.3) is 0 Å². The summed E-state index contributed by atoms with van der Waals surface area (Å²) in [6, 6.07) is 0. The summed E-state index contributed by atoms with van der Waals surface area (Å²) in [5.41, 5.74) is -0.0209. The average Bonchev–Trinajstić information content (AvgIpc) is 2.65. The highest BCUT2D eigenvalue weighted by molar-refractivity contribution is 5.99. The predicted molar refractivity (Wildman–Crippen MR) is 104 cm³/mol. The lowest BCUT2D eigenvalue weighted by atomic mass is 10.1. The van der Waals surface area contributed by atoms with Crippen LogP contribution in [0, 0.1) is 0 Å². The number of esters is 3. The van der Waals surface area contributed by atoms with Crippen molar-refractivity contribution < 1.29 is 28.6 Å². The zero-order valence-electron chi connectivity index (χ0n) is 17.2. The first-order valence-electron chi connectivity index (χ1n) is 10.2. The van der Waals surface area contributed by atoms with Crippen LogP contribution in [0.1, 0.15) is 85.0 Å². The Balaban J connectivity index is 4.67. The van der Waals surface area contributed by atoms with Crippen molar-refractivity contribution in [1.29, 1.82) is 0 Å². The van der Waals surface area contributed by atoms with Crippen molar-refractivity contribution in [1.82, 2.24) is 0 Å². The first-order valence-corrected chi connectivity index (χ1v) is 10.2. The van der Waals surface area contributed by atoms with E-state index in [1.54, 1.807) is 0 Å². The monoisotopic (exact) mass is 384 g/mol. The quantitative estimate of drug-likeness (QED) is 0.169. The third-order valence-electron chi connectivity index (χ3n) is 3.87. The van der Waals surface area contributed by atoms with Crippen molar-refractivity contribution in [3.63, 3.8) is 0 Å². The highest BCUT2D eigenvalue weighted by atomic mass is 16.5. The lowest BCUT2D eigenvalue weighted by molar-refractivity contribution is -0.146. The first kappa shape index (κ1) is 25.1. The first-order chi connectivity index (χ1) is 13.0. The molecule has 0 amide bonds. The van der Waals surface area contributed by atoms with E-state index in [9.17, 15) is 14.4 Å². The van der Waals surface area contributed by atoms with Gasteiger partial charge in [0, 0.05) is 6.08 Å². The molecule has 0 spiro atoms. The highest BCUT2D eigenvalue weighted by Crippen LogP contribution is 2.09.